The lowest BCUT2D eigenvalue weighted by Crippen LogP contribution is -2.36. The van der Waals surface area contributed by atoms with Gasteiger partial charge in [-0.05, 0) is 62.8 Å². The molecule has 1 aliphatic carbocycles. The van der Waals surface area contributed by atoms with Crippen LogP contribution in [0.3, 0.4) is 0 Å². The van der Waals surface area contributed by atoms with Gasteiger partial charge in [0.25, 0.3) is 0 Å². The van der Waals surface area contributed by atoms with Crippen LogP contribution in [0.25, 0.3) is 10.9 Å². The molecule has 2 fully saturated rings. The van der Waals surface area contributed by atoms with E-state index in [0.29, 0.717) is 12.0 Å². The second kappa shape index (κ2) is 5.74. The summed E-state index contributed by atoms with van der Waals surface area (Å²) in [5.41, 5.74) is 3.92. The van der Waals surface area contributed by atoms with Crippen LogP contribution in [-0.2, 0) is 4.79 Å². The maximum Gasteiger partial charge on any atom is 0.230 e. The monoisotopic (exact) mass is 365 g/mol. The molecule has 1 N–H and O–H groups in total. The molecule has 3 aromatic rings. The van der Waals surface area contributed by atoms with E-state index in [2.05, 4.69) is 19.7 Å². The Morgan fingerprint density at radius 1 is 1.27 bits per heavy atom. The Labute approximate surface area is 155 Å². The van der Waals surface area contributed by atoms with Crippen molar-refractivity contribution >= 4 is 45.0 Å². The number of nitrogens with zero attached hydrogens (tertiary/aromatic N) is 4. The summed E-state index contributed by atoms with van der Waals surface area (Å²) in [4.78, 5) is 23.6. The summed E-state index contributed by atoms with van der Waals surface area (Å²) >= 11 is 1.41. The normalized spacial score (nSPS) is 21.8. The molecule has 2 atom stereocenters. The van der Waals surface area contributed by atoms with Crippen LogP contribution in [0, 0.1) is 19.8 Å². The van der Waals surface area contributed by atoms with Crippen LogP contribution in [-0.4, -0.2) is 26.3 Å². The number of hydrogen-bond donors (Lipinski definition) is 1. The first-order chi connectivity index (χ1) is 12.6. The Hall–Kier alpha value is -2.54. The number of fused-ring (bicyclic) bond motifs is 3. The summed E-state index contributed by atoms with van der Waals surface area (Å²) in [5.74, 6) is 1.04. The van der Waals surface area contributed by atoms with Crippen molar-refractivity contribution in [3.05, 3.63) is 35.7 Å². The lowest BCUT2D eigenvalue weighted by Gasteiger charge is -2.27. The quantitative estimate of drug-likeness (QED) is 0.761. The first kappa shape index (κ1) is 15.7. The van der Waals surface area contributed by atoms with Crippen molar-refractivity contribution in [3.63, 3.8) is 0 Å². The van der Waals surface area contributed by atoms with Gasteiger partial charge in [0.05, 0.1) is 11.2 Å². The number of aromatic nitrogens is 3. The third-order valence-corrected chi connectivity index (χ3v) is 6.54. The van der Waals surface area contributed by atoms with E-state index >= 15 is 0 Å². The molecule has 1 saturated carbocycles. The van der Waals surface area contributed by atoms with Crippen molar-refractivity contribution in [2.24, 2.45) is 5.92 Å². The van der Waals surface area contributed by atoms with Gasteiger partial charge in [-0.2, -0.15) is 4.37 Å². The maximum absolute atomic E-state index is 12.5. The van der Waals surface area contributed by atoms with Gasteiger partial charge in [0.1, 0.15) is 5.00 Å². The molecule has 3 heterocycles. The van der Waals surface area contributed by atoms with Crippen LogP contribution in [0.5, 0.6) is 0 Å². The van der Waals surface area contributed by atoms with Crippen molar-refractivity contribution in [2.45, 2.75) is 39.2 Å². The van der Waals surface area contributed by atoms with Gasteiger partial charge >= 0.3 is 0 Å². The third-order valence-electron chi connectivity index (χ3n) is 5.58. The summed E-state index contributed by atoms with van der Waals surface area (Å²) < 4.78 is 4.35. The van der Waals surface area contributed by atoms with Gasteiger partial charge in [-0.25, -0.2) is 9.97 Å². The van der Waals surface area contributed by atoms with Gasteiger partial charge in [-0.15, -0.1) is 0 Å². The Morgan fingerprint density at radius 2 is 2.15 bits per heavy atom. The smallest absolute Gasteiger partial charge is 0.230 e. The molecular formula is C19H19N5OS. The largest absolute Gasteiger partial charge is 0.314 e. The number of nitrogens with one attached hydrogen (secondary N) is 1. The van der Waals surface area contributed by atoms with Crippen LogP contribution >= 0.6 is 11.5 Å². The minimum atomic E-state index is 0.218. The fourth-order valence-electron chi connectivity index (χ4n) is 3.99. The molecule has 2 unspecified atom stereocenters. The van der Waals surface area contributed by atoms with E-state index in [-0.39, 0.29) is 11.8 Å². The van der Waals surface area contributed by atoms with E-state index in [1.165, 1.54) is 11.5 Å². The number of rotatable bonds is 3. The van der Waals surface area contributed by atoms with Crippen molar-refractivity contribution in [1.29, 1.82) is 0 Å². The molecule has 7 heteroatoms. The summed E-state index contributed by atoms with van der Waals surface area (Å²) in [6.07, 6.45) is 4.96. The molecular weight excluding hydrogens is 346 g/mol. The Bertz CT molecular complexity index is 1030. The second-order valence-electron chi connectivity index (χ2n) is 7.16. The van der Waals surface area contributed by atoms with Gasteiger partial charge in [0.15, 0.2) is 0 Å². The fraction of sp³-hybridized carbons (Fsp3) is 0.368. The number of amides is 1. The zero-order valence-electron chi connectivity index (χ0n) is 14.7. The van der Waals surface area contributed by atoms with Gasteiger partial charge in [0.2, 0.25) is 11.9 Å². The first-order valence-electron chi connectivity index (χ1n) is 8.90. The van der Waals surface area contributed by atoms with Crippen LogP contribution in [0.4, 0.5) is 16.6 Å². The summed E-state index contributed by atoms with van der Waals surface area (Å²) in [6, 6.07) is 6.36. The first-order valence-corrected chi connectivity index (χ1v) is 9.67. The fourth-order valence-corrected chi connectivity index (χ4v) is 4.77. The molecule has 6 nitrogen and oxygen atoms in total. The number of carbonyl (C=O) groups is 1. The van der Waals surface area contributed by atoms with Crippen molar-refractivity contribution in [1.82, 2.24) is 14.3 Å². The molecule has 5 rings (SSSR count). The molecule has 2 bridgehead atoms. The standard InChI is InChI=1S/C19H19N5OS/c1-10-11(2)23-26-17(10)22-19-20-9-13-4-6-15(8-16(13)21-19)24-14-5-3-12(7-14)18(24)25/h4,6,8-9,12,14H,3,5,7H2,1-2H3,(H,20,21,22). The van der Waals surface area contributed by atoms with Crippen molar-refractivity contribution in [3.8, 4) is 0 Å². The zero-order chi connectivity index (χ0) is 17.8. The van der Waals surface area contributed by atoms with Crippen molar-refractivity contribution < 1.29 is 4.79 Å². The van der Waals surface area contributed by atoms with E-state index in [9.17, 15) is 4.79 Å². The highest BCUT2D eigenvalue weighted by atomic mass is 32.1. The molecule has 0 spiro atoms. The summed E-state index contributed by atoms with van der Waals surface area (Å²) in [5, 5.41) is 5.19. The number of piperidine rings is 1. The molecule has 2 aromatic heterocycles. The molecule has 1 amide bonds. The third kappa shape index (κ3) is 2.38. The highest BCUT2D eigenvalue weighted by molar-refractivity contribution is 7.10. The molecule has 1 saturated heterocycles. The van der Waals surface area contributed by atoms with E-state index in [1.54, 1.807) is 0 Å². The molecule has 0 radical (unpaired) electrons. The molecule has 1 aliphatic heterocycles. The van der Waals surface area contributed by atoms with Crippen LogP contribution in [0.2, 0.25) is 0 Å². The molecule has 2 aliphatic rings. The summed E-state index contributed by atoms with van der Waals surface area (Å²) in [6.45, 7) is 4.03. The van der Waals surface area contributed by atoms with Crippen LogP contribution in [0.15, 0.2) is 24.4 Å². The molecule has 132 valence electrons. The lowest BCUT2D eigenvalue weighted by molar-refractivity contribution is -0.121. The molecule has 26 heavy (non-hydrogen) atoms. The average molecular weight is 365 g/mol. The topological polar surface area (TPSA) is 71.0 Å². The SMILES string of the molecule is Cc1nsc(Nc2ncc3ccc(N4C(=O)C5CCC4C5)cc3n2)c1C. The van der Waals surface area contributed by atoms with Crippen molar-refractivity contribution in [2.75, 3.05) is 10.2 Å². The average Bonchev–Trinajstić information content (AvgIpc) is 3.32. The Kier molecular flexibility index (Phi) is 3.46. The van der Waals surface area contributed by atoms with Gasteiger partial charge in [-0.3, -0.25) is 4.79 Å². The van der Waals surface area contributed by atoms with E-state index in [1.807, 2.05) is 43.1 Å². The zero-order valence-corrected chi connectivity index (χ0v) is 15.5. The van der Waals surface area contributed by atoms with E-state index < -0.39 is 0 Å². The van der Waals surface area contributed by atoms with Gasteiger partial charge in [-0.1, -0.05) is 0 Å². The minimum absolute atomic E-state index is 0.218. The maximum atomic E-state index is 12.5. The number of benzene rings is 1. The Morgan fingerprint density at radius 3 is 2.88 bits per heavy atom. The van der Waals surface area contributed by atoms with Gasteiger partial charge in [0, 0.05) is 34.8 Å². The lowest BCUT2D eigenvalue weighted by atomic mass is 10.1. The van der Waals surface area contributed by atoms with E-state index in [0.717, 1.165) is 52.1 Å². The van der Waals surface area contributed by atoms with Crippen LogP contribution < -0.4 is 10.2 Å². The Balaban J connectivity index is 1.49. The summed E-state index contributed by atoms with van der Waals surface area (Å²) in [7, 11) is 0. The highest BCUT2D eigenvalue weighted by Crippen LogP contribution is 2.41. The highest BCUT2D eigenvalue weighted by Gasteiger charge is 2.45. The number of carbonyl (C=O) groups excluding carboxylic acids is 1. The number of aryl methyl sites for hydroxylation is 1. The van der Waals surface area contributed by atoms with E-state index in [4.69, 9.17) is 0 Å². The molecule has 1 aromatic carbocycles. The number of anilines is 3. The predicted molar refractivity (Wildman–Crippen MR) is 103 cm³/mol. The predicted octanol–water partition coefficient (Wildman–Crippen LogP) is 3.96. The number of hydrogen-bond acceptors (Lipinski definition) is 6. The minimum Gasteiger partial charge on any atom is -0.314 e. The van der Waals surface area contributed by atoms with Crippen LogP contribution in [0.1, 0.15) is 30.5 Å². The second-order valence-corrected chi connectivity index (χ2v) is 7.93. The van der Waals surface area contributed by atoms with Gasteiger partial charge < -0.3 is 10.2 Å².